The fourth-order valence-electron chi connectivity index (χ4n) is 2.95. The van der Waals surface area contributed by atoms with Crippen LogP contribution in [-0.2, 0) is 6.42 Å². The van der Waals surface area contributed by atoms with Gasteiger partial charge < -0.3 is 13.9 Å². The molecule has 4 nitrogen and oxygen atoms in total. The average molecular weight is 257 g/mol. The molecule has 1 aromatic heterocycles. The molecule has 2 aliphatic rings. The summed E-state index contributed by atoms with van der Waals surface area (Å²) in [5.41, 5.74) is 2.58. The highest BCUT2D eigenvalue weighted by molar-refractivity contribution is 5.51. The first kappa shape index (κ1) is 10.9. The number of fused-ring (bicyclic) bond motifs is 2. The largest absolute Gasteiger partial charge is 0.467 e. The number of hydrogen-bond donors (Lipinski definition) is 0. The van der Waals surface area contributed by atoms with Crippen LogP contribution in [0.15, 0.2) is 34.9 Å². The Kier molecular flexibility index (Phi) is 2.32. The van der Waals surface area contributed by atoms with E-state index in [2.05, 4.69) is 24.1 Å². The zero-order chi connectivity index (χ0) is 12.8. The van der Waals surface area contributed by atoms with Crippen molar-refractivity contribution in [1.29, 1.82) is 0 Å². The Morgan fingerprint density at radius 3 is 2.84 bits per heavy atom. The van der Waals surface area contributed by atoms with Gasteiger partial charge in [-0.2, -0.15) is 0 Å². The lowest BCUT2D eigenvalue weighted by Gasteiger charge is -2.33. The Balaban J connectivity index is 1.86. The molecule has 0 N–H and O–H groups in total. The van der Waals surface area contributed by atoms with Crippen LogP contribution in [0.2, 0.25) is 0 Å². The van der Waals surface area contributed by atoms with Gasteiger partial charge in [0.1, 0.15) is 5.76 Å². The predicted molar refractivity (Wildman–Crippen MR) is 69.5 cm³/mol. The smallest absolute Gasteiger partial charge is 0.231 e. The van der Waals surface area contributed by atoms with Gasteiger partial charge in [-0.1, -0.05) is 0 Å². The third-order valence-electron chi connectivity index (χ3n) is 3.92. The van der Waals surface area contributed by atoms with Gasteiger partial charge in [0, 0.05) is 6.54 Å². The number of ether oxygens (including phenoxy) is 2. The molecule has 0 saturated carbocycles. The van der Waals surface area contributed by atoms with Crippen LogP contribution < -0.4 is 9.47 Å². The van der Waals surface area contributed by atoms with Crippen LogP contribution in [0.1, 0.15) is 22.9 Å². The normalized spacial score (nSPS) is 21.4. The Morgan fingerprint density at radius 1 is 1.21 bits per heavy atom. The van der Waals surface area contributed by atoms with E-state index < -0.39 is 0 Å². The second-order valence-electron chi connectivity index (χ2n) is 5.05. The van der Waals surface area contributed by atoms with E-state index >= 15 is 0 Å². The summed E-state index contributed by atoms with van der Waals surface area (Å²) in [6.07, 6.45) is 2.75. The topological polar surface area (TPSA) is 34.8 Å². The molecule has 0 bridgehead atoms. The minimum absolute atomic E-state index is 0.160. The number of nitrogens with zero attached hydrogens (tertiary/aromatic N) is 1. The zero-order valence-electron chi connectivity index (χ0n) is 10.8. The summed E-state index contributed by atoms with van der Waals surface area (Å²) in [6, 6.07) is 8.33. The van der Waals surface area contributed by atoms with E-state index in [1.54, 1.807) is 6.26 Å². The van der Waals surface area contributed by atoms with Gasteiger partial charge in [-0.05, 0) is 48.9 Å². The molecular weight excluding hydrogens is 242 g/mol. The molecule has 0 spiro atoms. The second kappa shape index (κ2) is 4.03. The summed E-state index contributed by atoms with van der Waals surface area (Å²) in [5.74, 6) is 2.68. The van der Waals surface area contributed by atoms with Crippen molar-refractivity contribution in [3.8, 4) is 11.5 Å². The summed E-state index contributed by atoms with van der Waals surface area (Å²) < 4.78 is 16.6. The van der Waals surface area contributed by atoms with E-state index in [4.69, 9.17) is 13.9 Å². The van der Waals surface area contributed by atoms with Crippen LogP contribution in [0, 0.1) is 0 Å². The maximum absolute atomic E-state index is 5.61. The number of furan rings is 1. The molecule has 1 atom stereocenters. The lowest BCUT2D eigenvalue weighted by molar-refractivity contribution is 0.174. The first-order valence-electron chi connectivity index (χ1n) is 6.49. The SMILES string of the molecule is CN1CCc2cc3c(cc2C1c1ccco1)OCO3. The Labute approximate surface area is 111 Å². The van der Waals surface area contributed by atoms with E-state index in [-0.39, 0.29) is 6.04 Å². The average Bonchev–Trinajstić information content (AvgIpc) is 3.06. The monoisotopic (exact) mass is 257 g/mol. The molecule has 0 saturated heterocycles. The van der Waals surface area contributed by atoms with Gasteiger partial charge in [-0.25, -0.2) is 0 Å². The second-order valence-corrected chi connectivity index (χ2v) is 5.05. The first-order valence-corrected chi connectivity index (χ1v) is 6.49. The van der Waals surface area contributed by atoms with Gasteiger partial charge in [0.2, 0.25) is 6.79 Å². The van der Waals surface area contributed by atoms with E-state index in [1.807, 2.05) is 12.1 Å². The minimum atomic E-state index is 0.160. The van der Waals surface area contributed by atoms with Crippen molar-refractivity contribution in [3.05, 3.63) is 47.4 Å². The Hall–Kier alpha value is -1.94. The molecule has 3 heterocycles. The Morgan fingerprint density at radius 2 is 2.05 bits per heavy atom. The van der Waals surface area contributed by atoms with E-state index in [0.717, 1.165) is 30.2 Å². The molecule has 0 fully saturated rings. The molecule has 19 heavy (non-hydrogen) atoms. The number of hydrogen-bond acceptors (Lipinski definition) is 4. The summed E-state index contributed by atoms with van der Waals surface area (Å²) in [6.45, 7) is 1.33. The van der Waals surface area contributed by atoms with Gasteiger partial charge in [-0.3, -0.25) is 4.90 Å². The van der Waals surface area contributed by atoms with Crippen LogP contribution in [-0.4, -0.2) is 25.3 Å². The highest BCUT2D eigenvalue weighted by Gasteiger charge is 2.30. The van der Waals surface area contributed by atoms with Crippen molar-refractivity contribution in [2.75, 3.05) is 20.4 Å². The molecule has 4 heteroatoms. The first-order chi connectivity index (χ1) is 9.33. The maximum Gasteiger partial charge on any atom is 0.231 e. The van der Waals surface area contributed by atoms with Crippen LogP contribution in [0.3, 0.4) is 0 Å². The lowest BCUT2D eigenvalue weighted by atomic mass is 9.91. The molecule has 98 valence electrons. The molecular formula is C15H15NO3. The van der Waals surface area contributed by atoms with Gasteiger partial charge in [0.15, 0.2) is 11.5 Å². The van der Waals surface area contributed by atoms with Crippen molar-refractivity contribution >= 4 is 0 Å². The van der Waals surface area contributed by atoms with Crippen molar-refractivity contribution < 1.29 is 13.9 Å². The highest BCUT2D eigenvalue weighted by Crippen LogP contribution is 2.42. The van der Waals surface area contributed by atoms with Crippen molar-refractivity contribution in [2.45, 2.75) is 12.5 Å². The van der Waals surface area contributed by atoms with Crippen LogP contribution in [0.25, 0.3) is 0 Å². The maximum atomic E-state index is 5.61. The molecule has 1 aromatic carbocycles. The minimum Gasteiger partial charge on any atom is -0.467 e. The van der Waals surface area contributed by atoms with Crippen molar-refractivity contribution in [3.63, 3.8) is 0 Å². The third kappa shape index (κ3) is 1.64. The number of rotatable bonds is 1. The highest BCUT2D eigenvalue weighted by atomic mass is 16.7. The molecule has 0 radical (unpaired) electrons. The fourth-order valence-corrected chi connectivity index (χ4v) is 2.95. The van der Waals surface area contributed by atoms with E-state index in [9.17, 15) is 0 Å². The van der Waals surface area contributed by atoms with Crippen molar-refractivity contribution in [2.24, 2.45) is 0 Å². The molecule has 0 amide bonds. The molecule has 2 aromatic rings. The van der Waals surface area contributed by atoms with Gasteiger partial charge >= 0.3 is 0 Å². The summed E-state index contributed by atoms with van der Waals surface area (Å²) in [7, 11) is 2.13. The third-order valence-corrected chi connectivity index (χ3v) is 3.92. The van der Waals surface area contributed by atoms with Gasteiger partial charge in [0.25, 0.3) is 0 Å². The van der Waals surface area contributed by atoms with Gasteiger partial charge in [-0.15, -0.1) is 0 Å². The summed E-state index contributed by atoms with van der Waals surface area (Å²) in [5, 5.41) is 0. The van der Waals surface area contributed by atoms with Gasteiger partial charge in [0.05, 0.1) is 12.3 Å². The number of benzene rings is 1. The molecule has 0 aliphatic carbocycles. The fraction of sp³-hybridized carbons (Fsp3) is 0.333. The van der Waals surface area contributed by atoms with Crippen LogP contribution >= 0.6 is 0 Å². The van der Waals surface area contributed by atoms with Crippen LogP contribution in [0.5, 0.6) is 11.5 Å². The summed E-state index contributed by atoms with van der Waals surface area (Å²) in [4.78, 5) is 2.31. The lowest BCUT2D eigenvalue weighted by Crippen LogP contribution is -2.32. The zero-order valence-corrected chi connectivity index (χ0v) is 10.8. The molecule has 2 aliphatic heterocycles. The summed E-state index contributed by atoms with van der Waals surface area (Å²) >= 11 is 0. The van der Waals surface area contributed by atoms with Crippen LogP contribution in [0.4, 0.5) is 0 Å². The van der Waals surface area contributed by atoms with E-state index in [1.165, 1.54) is 11.1 Å². The quantitative estimate of drug-likeness (QED) is 0.786. The number of likely N-dealkylation sites (N-methyl/N-ethyl adjacent to an activating group) is 1. The van der Waals surface area contributed by atoms with E-state index in [0.29, 0.717) is 6.79 Å². The Bertz CT molecular complexity index is 606. The molecule has 1 unspecified atom stereocenters. The van der Waals surface area contributed by atoms with Crippen molar-refractivity contribution in [1.82, 2.24) is 4.90 Å². The standard InChI is InChI=1S/C15H15NO3/c1-16-5-4-10-7-13-14(19-9-18-13)8-11(10)15(16)12-3-2-6-17-12/h2-3,6-8,15H,4-5,9H2,1H3. The molecule has 4 rings (SSSR count). The predicted octanol–water partition coefficient (Wildman–Crippen LogP) is 2.59.